The Bertz CT molecular complexity index is 623. The van der Waals surface area contributed by atoms with Gasteiger partial charge in [0, 0.05) is 12.0 Å². The first-order chi connectivity index (χ1) is 10.9. The highest BCUT2D eigenvalue weighted by molar-refractivity contribution is 5.27. The molecule has 2 N–H and O–H groups in total. The van der Waals surface area contributed by atoms with Crippen LogP contribution in [0.25, 0.3) is 0 Å². The van der Waals surface area contributed by atoms with Gasteiger partial charge >= 0.3 is 6.18 Å². The summed E-state index contributed by atoms with van der Waals surface area (Å²) in [6, 6.07) is 13.5. The van der Waals surface area contributed by atoms with Crippen LogP contribution in [-0.4, -0.2) is 13.2 Å². The summed E-state index contributed by atoms with van der Waals surface area (Å²) >= 11 is 0. The van der Waals surface area contributed by atoms with Gasteiger partial charge < -0.3 is 10.1 Å². The molecule has 0 fully saturated rings. The van der Waals surface area contributed by atoms with Gasteiger partial charge in [-0.3, -0.25) is 0 Å². The number of hydrogen-bond donors (Lipinski definition) is 1. The molecule has 0 bridgehead atoms. The van der Waals surface area contributed by atoms with Gasteiger partial charge in [-0.25, -0.2) is 0 Å². The van der Waals surface area contributed by atoms with Crippen LogP contribution in [0.15, 0.2) is 48.5 Å². The van der Waals surface area contributed by atoms with Crippen LogP contribution in [0, 0.1) is 0 Å². The highest BCUT2D eigenvalue weighted by Gasteiger charge is 2.30. The van der Waals surface area contributed by atoms with E-state index in [1.165, 1.54) is 12.1 Å². The van der Waals surface area contributed by atoms with Crippen molar-refractivity contribution in [2.75, 3.05) is 7.11 Å². The van der Waals surface area contributed by atoms with Gasteiger partial charge in [0.05, 0.1) is 18.7 Å². The molecule has 1 atom stereocenters. The highest BCUT2D eigenvalue weighted by Crippen LogP contribution is 2.29. The second kappa shape index (κ2) is 7.51. The number of ether oxygens (including phenoxy) is 1. The molecular formula is C18H21F3NO+. The van der Waals surface area contributed by atoms with Crippen molar-refractivity contribution in [3.05, 3.63) is 65.2 Å². The zero-order valence-corrected chi connectivity index (χ0v) is 13.2. The standard InChI is InChI=1S/C18H20F3NO/c1-13(22-12-14-6-8-17(23-2)9-7-14)10-15-4-3-5-16(11-15)18(19,20)21/h3-9,11,13,22H,10,12H2,1-2H3/p+1/t13-/m1/s1. The fourth-order valence-electron chi connectivity index (χ4n) is 2.43. The Balaban J connectivity index is 1.90. The maximum atomic E-state index is 12.7. The molecule has 2 aromatic rings. The zero-order chi connectivity index (χ0) is 16.9. The van der Waals surface area contributed by atoms with E-state index in [2.05, 4.69) is 5.32 Å². The second-order valence-corrected chi connectivity index (χ2v) is 5.67. The van der Waals surface area contributed by atoms with E-state index in [0.29, 0.717) is 12.0 Å². The number of nitrogens with two attached hydrogens (primary N) is 1. The molecule has 0 heterocycles. The molecule has 5 heteroatoms. The Kier molecular flexibility index (Phi) is 5.66. The monoisotopic (exact) mass is 324 g/mol. The van der Waals surface area contributed by atoms with Gasteiger partial charge in [-0.15, -0.1) is 0 Å². The SMILES string of the molecule is COc1ccc(C[NH2+][C@H](C)Cc2cccc(C(F)(F)F)c2)cc1. The van der Waals surface area contributed by atoms with E-state index in [1.807, 2.05) is 31.2 Å². The Labute approximate surface area is 134 Å². The Morgan fingerprint density at radius 1 is 1.04 bits per heavy atom. The van der Waals surface area contributed by atoms with Crippen LogP contribution in [-0.2, 0) is 19.1 Å². The molecule has 0 saturated heterocycles. The summed E-state index contributed by atoms with van der Waals surface area (Å²) in [5, 5.41) is 2.13. The maximum absolute atomic E-state index is 12.7. The summed E-state index contributed by atoms with van der Waals surface area (Å²) in [7, 11) is 1.62. The highest BCUT2D eigenvalue weighted by atomic mass is 19.4. The predicted octanol–water partition coefficient (Wildman–Crippen LogP) is 3.41. The van der Waals surface area contributed by atoms with Crippen molar-refractivity contribution >= 4 is 0 Å². The van der Waals surface area contributed by atoms with Crippen molar-refractivity contribution < 1.29 is 23.2 Å². The third-order valence-corrected chi connectivity index (χ3v) is 3.73. The average Bonchev–Trinajstić information content (AvgIpc) is 2.53. The lowest BCUT2D eigenvalue weighted by Gasteiger charge is -2.13. The van der Waals surface area contributed by atoms with Crippen molar-refractivity contribution in [1.29, 1.82) is 0 Å². The molecule has 0 aromatic heterocycles. The van der Waals surface area contributed by atoms with Gasteiger partial charge in [-0.1, -0.05) is 18.2 Å². The lowest BCUT2D eigenvalue weighted by molar-refractivity contribution is -0.701. The van der Waals surface area contributed by atoms with E-state index in [-0.39, 0.29) is 6.04 Å². The predicted molar refractivity (Wildman–Crippen MR) is 83.2 cm³/mol. The molecule has 0 aliphatic rings. The van der Waals surface area contributed by atoms with Crippen LogP contribution >= 0.6 is 0 Å². The summed E-state index contributed by atoms with van der Waals surface area (Å²) in [5.74, 6) is 0.811. The third kappa shape index (κ3) is 5.28. The summed E-state index contributed by atoms with van der Waals surface area (Å²) in [6.45, 7) is 2.80. The first kappa shape index (κ1) is 17.3. The molecule has 0 unspecified atom stereocenters. The molecule has 23 heavy (non-hydrogen) atoms. The minimum Gasteiger partial charge on any atom is -0.497 e. The molecular weight excluding hydrogens is 303 g/mol. The molecule has 0 aliphatic heterocycles. The molecule has 0 saturated carbocycles. The fourth-order valence-corrected chi connectivity index (χ4v) is 2.43. The molecule has 2 nitrogen and oxygen atoms in total. The number of alkyl halides is 3. The fraction of sp³-hybridized carbons (Fsp3) is 0.333. The first-order valence-electron chi connectivity index (χ1n) is 7.51. The number of rotatable bonds is 6. The summed E-state index contributed by atoms with van der Waals surface area (Å²) in [6.07, 6.45) is -3.69. The molecule has 0 spiro atoms. The van der Waals surface area contributed by atoms with Crippen molar-refractivity contribution in [2.45, 2.75) is 32.1 Å². The Morgan fingerprint density at radius 3 is 2.35 bits per heavy atom. The normalized spacial score (nSPS) is 12.9. The number of methoxy groups -OCH3 is 1. The Hall–Kier alpha value is -2.01. The van der Waals surface area contributed by atoms with E-state index in [9.17, 15) is 13.2 Å². The van der Waals surface area contributed by atoms with E-state index in [1.54, 1.807) is 13.2 Å². The van der Waals surface area contributed by atoms with E-state index >= 15 is 0 Å². The number of hydrogen-bond acceptors (Lipinski definition) is 1. The number of benzene rings is 2. The first-order valence-corrected chi connectivity index (χ1v) is 7.51. The van der Waals surface area contributed by atoms with E-state index in [4.69, 9.17) is 4.74 Å². The minimum absolute atomic E-state index is 0.195. The van der Waals surface area contributed by atoms with Crippen molar-refractivity contribution in [3.63, 3.8) is 0 Å². The second-order valence-electron chi connectivity index (χ2n) is 5.67. The average molecular weight is 324 g/mol. The van der Waals surface area contributed by atoms with Gasteiger partial charge in [0.15, 0.2) is 0 Å². The summed E-state index contributed by atoms with van der Waals surface area (Å²) in [4.78, 5) is 0. The molecule has 2 aromatic carbocycles. The zero-order valence-electron chi connectivity index (χ0n) is 13.2. The van der Waals surface area contributed by atoms with Gasteiger partial charge in [0.2, 0.25) is 0 Å². The maximum Gasteiger partial charge on any atom is 0.416 e. The van der Waals surface area contributed by atoms with E-state index < -0.39 is 11.7 Å². The van der Waals surface area contributed by atoms with Gasteiger partial charge in [-0.2, -0.15) is 13.2 Å². The lowest BCUT2D eigenvalue weighted by Crippen LogP contribution is -2.88. The molecule has 124 valence electrons. The van der Waals surface area contributed by atoms with Crippen molar-refractivity contribution in [2.24, 2.45) is 0 Å². The number of quaternary nitrogens is 1. The number of halogens is 3. The van der Waals surface area contributed by atoms with Crippen molar-refractivity contribution in [1.82, 2.24) is 0 Å². The largest absolute Gasteiger partial charge is 0.497 e. The third-order valence-electron chi connectivity index (χ3n) is 3.73. The summed E-state index contributed by atoms with van der Waals surface area (Å²) < 4.78 is 43.3. The van der Waals surface area contributed by atoms with Gasteiger partial charge in [0.1, 0.15) is 12.3 Å². The summed E-state index contributed by atoms with van der Waals surface area (Å²) in [5.41, 5.74) is 1.28. The topological polar surface area (TPSA) is 25.8 Å². The van der Waals surface area contributed by atoms with Crippen LogP contribution in [0.1, 0.15) is 23.6 Å². The molecule has 0 aliphatic carbocycles. The molecule has 0 radical (unpaired) electrons. The van der Waals surface area contributed by atoms with Crippen LogP contribution in [0.3, 0.4) is 0 Å². The van der Waals surface area contributed by atoms with E-state index in [0.717, 1.165) is 23.9 Å². The molecule has 2 rings (SSSR count). The van der Waals surface area contributed by atoms with Crippen molar-refractivity contribution in [3.8, 4) is 5.75 Å². The van der Waals surface area contributed by atoms with Gasteiger partial charge in [-0.05, 0) is 42.8 Å². The minimum atomic E-state index is -4.29. The molecule has 0 amide bonds. The lowest BCUT2D eigenvalue weighted by atomic mass is 10.0. The smallest absolute Gasteiger partial charge is 0.416 e. The van der Waals surface area contributed by atoms with Crippen LogP contribution < -0.4 is 10.1 Å². The Morgan fingerprint density at radius 2 is 1.74 bits per heavy atom. The van der Waals surface area contributed by atoms with Crippen LogP contribution in [0.5, 0.6) is 5.75 Å². The van der Waals surface area contributed by atoms with Crippen LogP contribution in [0.4, 0.5) is 13.2 Å². The van der Waals surface area contributed by atoms with Crippen LogP contribution in [0.2, 0.25) is 0 Å². The van der Waals surface area contributed by atoms with Gasteiger partial charge in [0.25, 0.3) is 0 Å². The quantitative estimate of drug-likeness (QED) is 0.866.